The number of carbonyl (C=O) groups excluding carboxylic acids is 3. The monoisotopic (exact) mass is 718 g/mol. The number of allylic oxidation sites excluding steroid dienone is 1. The van der Waals surface area contributed by atoms with E-state index in [9.17, 15) is 29.2 Å². The molecule has 0 bridgehead atoms. The Labute approximate surface area is 295 Å². The molecule has 1 fully saturated rings. The van der Waals surface area contributed by atoms with Gasteiger partial charge in [0, 0.05) is 25.2 Å². The zero-order valence-corrected chi connectivity index (χ0v) is 31.2. The number of aliphatic hydroxyl groups excluding tert-OH is 2. The highest BCUT2D eigenvalue weighted by molar-refractivity contribution is 7.46. The number of aliphatic hydroxyl groups is 2. The molecule has 286 valence electrons. The predicted molar refractivity (Wildman–Crippen MR) is 190 cm³/mol. The van der Waals surface area contributed by atoms with Gasteiger partial charge in [0.1, 0.15) is 12.4 Å². The molecule has 1 aliphatic rings. The minimum atomic E-state index is -4.81. The Morgan fingerprint density at radius 2 is 1.33 bits per heavy atom. The molecule has 1 aliphatic carbocycles. The van der Waals surface area contributed by atoms with Gasteiger partial charge in [-0.25, -0.2) is 4.57 Å². The first kappa shape index (κ1) is 45.4. The van der Waals surface area contributed by atoms with Gasteiger partial charge in [0.25, 0.3) is 0 Å². The minimum absolute atomic E-state index is 0.00528. The number of ether oxygens (including phenoxy) is 2. The van der Waals surface area contributed by atoms with E-state index in [1.165, 1.54) is 44.9 Å². The summed E-state index contributed by atoms with van der Waals surface area (Å²) < 4.78 is 26.3. The fraction of sp³-hybridized carbons (Fsp3) is 0.865. The van der Waals surface area contributed by atoms with Gasteiger partial charge in [-0.05, 0) is 31.6 Å². The van der Waals surface area contributed by atoms with Crippen LogP contribution in [0.4, 0.5) is 0 Å². The van der Waals surface area contributed by atoms with Crippen molar-refractivity contribution in [3.63, 3.8) is 0 Å². The largest absolute Gasteiger partial charge is 0.469 e. The zero-order chi connectivity index (χ0) is 36.3. The second-order valence-electron chi connectivity index (χ2n) is 13.7. The maximum atomic E-state index is 12.5. The molecule has 49 heavy (non-hydrogen) atoms. The number of ketones is 1. The van der Waals surface area contributed by atoms with Gasteiger partial charge < -0.3 is 29.5 Å². The smallest absolute Gasteiger partial charge is 0.462 e. The summed E-state index contributed by atoms with van der Waals surface area (Å²) >= 11 is 0. The first-order valence-corrected chi connectivity index (χ1v) is 20.6. The lowest BCUT2D eigenvalue weighted by Gasteiger charge is -2.19. The van der Waals surface area contributed by atoms with Crippen LogP contribution in [0.15, 0.2) is 12.2 Å². The van der Waals surface area contributed by atoms with Gasteiger partial charge in [-0.1, -0.05) is 129 Å². The van der Waals surface area contributed by atoms with Crippen molar-refractivity contribution in [2.75, 3.05) is 13.2 Å². The van der Waals surface area contributed by atoms with Gasteiger partial charge in [-0.2, -0.15) is 0 Å². The van der Waals surface area contributed by atoms with Crippen LogP contribution in [0.3, 0.4) is 0 Å². The fourth-order valence-corrected chi connectivity index (χ4v) is 6.64. The summed E-state index contributed by atoms with van der Waals surface area (Å²) in [5, 5.41) is 20.6. The number of Topliss-reactive ketones (excluding diaryl/α,β-unsaturated/α-hetero) is 1. The molecule has 1 rings (SSSR count). The Morgan fingerprint density at radius 1 is 0.796 bits per heavy atom. The van der Waals surface area contributed by atoms with Crippen LogP contribution in [0.1, 0.15) is 162 Å². The van der Waals surface area contributed by atoms with Crippen molar-refractivity contribution in [3.05, 3.63) is 12.2 Å². The summed E-state index contributed by atoms with van der Waals surface area (Å²) in [5.41, 5.74) is 0. The third-order valence-electron chi connectivity index (χ3n) is 9.19. The van der Waals surface area contributed by atoms with E-state index in [0.717, 1.165) is 51.4 Å². The van der Waals surface area contributed by atoms with Crippen LogP contribution in [0.5, 0.6) is 0 Å². The molecule has 4 N–H and O–H groups in total. The predicted octanol–water partition coefficient (Wildman–Crippen LogP) is 7.66. The van der Waals surface area contributed by atoms with E-state index in [-0.39, 0.29) is 37.6 Å². The molecule has 5 atom stereocenters. The third kappa shape index (κ3) is 24.2. The topological polar surface area (TPSA) is 177 Å². The van der Waals surface area contributed by atoms with Crippen molar-refractivity contribution < 1.29 is 52.9 Å². The highest BCUT2D eigenvalue weighted by atomic mass is 31.2. The second-order valence-corrected chi connectivity index (χ2v) is 14.9. The molecule has 0 aromatic heterocycles. The fourth-order valence-electron chi connectivity index (χ4n) is 6.28. The number of esters is 2. The van der Waals surface area contributed by atoms with Gasteiger partial charge in [0.2, 0.25) is 0 Å². The van der Waals surface area contributed by atoms with Crippen LogP contribution in [0.25, 0.3) is 0 Å². The number of hydrogen-bond acceptors (Lipinski definition) is 9. The number of phosphoric ester groups is 1. The summed E-state index contributed by atoms with van der Waals surface area (Å²) in [6, 6.07) is 0. The van der Waals surface area contributed by atoms with Crippen molar-refractivity contribution in [3.8, 4) is 0 Å². The average Bonchev–Trinajstić information content (AvgIpc) is 3.32. The van der Waals surface area contributed by atoms with Gasteiger partial charge in [0.15, 0.2) is 6.10 Å². The van der Waals surface area contributed by atoms with E-state index in [1.807, 2.05) is 0 Å². The second kappa shape index (κ2) is 28.0. The van der Waals surface area contributed by atoms with E-state index in [4.69, 9.17) is 19.3 Å². The molecule has 0 saturated heterocycles. The Morgan fingerprint density at radius 3 is 1.92 bits per heavy atom. The quantitative estimate of drug-likeness (QED) is 0.0240. The first-order valence-electron chi connectivity index (χ1n) is 19.1. The maximum absolute atomic E-state index is 12.5. The Balaban J connectivity index is 2.32. The lowest BCUT2D eigenvalue weighted by molar-refractivity contribution is -0.161. The van der Waals surface area contributed by atoms with Gasteiger partial charge in [0.05, 0.1) is 18.8 Å². The molecular weight excluding hydrogens is 651 g/mol. The van der Waals surface area contributed by atoms with Gasteiger partial charge in [-0.15, -0.1) is 0 Å². The standard InChI is InChI=1S/C37H67O11P/c1-3-5-7-8-9-10-11-12-13-14-19-23-36(41)46-28-31(29-47-49(43,44)45)48-37(42)24-20-16-15-18-22-32-33(35(40)27-34(32)39)26-25-30(38)21-17-6-4-2/h25-26,30-34,38-39H,3-24,27-29H2,1-2H3,(H2,43,44,45)/b26-25+/t30-,31+,32+,33+,34-/m0/s1. The van der Waals surface area contributed by atoms with Crippen molar-refractivity contribution >= 4 is 25.5 Å². The number of carbonyl (C=O) groups is 3. The number of rotatable bonds is 31. The van der Waals surface area contributed by atoms with Crippen molar-refractivity contribution in [2.24, 2.45) is 11.8 Å². The highest BCUT2D eigenvalue weighted by Crippen LogP contribution is 2.36. The van der Waals surface area contributed by atoms with E-state index >= 15 is 0 Å². The molecule has 0 spiro atoms. The lowest BCUT2D eigenvalue weighted by Crippen LogP contribution is -2.29. The van der Waals surface area contributed by atoms with E-state index in [1.54, 1.807) is 12.2 Å². The van der Waals surface area contributed by atoms with E-state index in [2.05, 4.69) is 18.4 Å². The minimum Gasteiger partial charge on any atom is -0.462 e. The van der Waals surface area contributed by atoms with Crippen LogP contribution in [0.2, 0.25) is 0 Å². The zero-order valence-electron chi connectivity index (χ0n) is 30.3. The van der Waals surface area contributed by atoms with Crippen LogP contribution < -0.4 is 0 Å². The summed E-state index contributed by atoms with van der Waals surface area (Å²) in [4.78, 5) is 55.3. The molecule has 0 unspecified atom stereocenters. The Kier molecular flexibility index (Phi) is 26.0. The molecular formula is C37H67O11P. The molecule has 0 aliphatic heterocycles. The summed E-state index contributed by atoms with van der Waals surface area (Å²) in [6.07, 6.45) is 21.3. The van der Waals surface area contributed by atoms with Crippen LogP contribution in [-0.2, 0) is 32.9 Å². The Bertz CT molecular complexity index is 966. The van der Waals surface area contributed by atoms with E-state index < -0.39 is 50.6 Å². The molecule has 12 heteroatoms. The third-order valence-corrected chi connectivity index (χ3v) is 9.68. The van der Waals surface area contributed by atoms with Crippen molar-refractivity contribution in [1.82, 2.24) is 0 Å². The normalized spacial score (nSPS) is 19.4. The Hall–Kier alpha value is -1.62. The van der Waals surface area contributed by atoms with Crippen LogP contribution in [-0.4, -0.2) is 69.2 Å². The van der Waals surface area contributed by atoms with E-state index in [0.29, 0.717) is 32.1 Å². The molecule has 0 heterocycles. The molecule has 1 saturated carbocycles. The maximum Gasteiger partial charge on any atom is 0.469 e. The molecule has 0 aromatic carbocycles. The summed E-state index contributed by atoms with van der Waals surface area (Å²) in [7, 11) is -4.81. The van der Waals surface area contributed by atoms with Crippen LogP contribution >= 0.6 is 7.82 Å². The molecule has 11 nitrogen and oxygen atoms in total. The van der Waals surface area contributed by atoms with Gasteiger partial charge >= 0.3 is 19.8 Å². The SMILES string of the molecule is CCCCCCCCCCCCCC(=O)OC[C@H](COP(=O)(O)O)OC(=O)CCCCCC[C@H]1[C@@H](O)CC(=O)[C@@H]1/C=C/[C@@H](O)CCCCC. The highest BCUT2D eigenvalue weighted by Gasteiger charge is 2.39. The molecule has 0 radical (unpaired) electrons. The first-order chi connectivity index (χ1) is 23.5. The summed E-state index contributed by atoms with van der Waals surface area (Å²) in [5.74, 6) is -1.63. The van der Waals surface area contributed by atoms with Crippen molar-refractivity contribution in [1.29, 1.82) is 0 Å². The lowest BCUT2D eigenvalue weighted by atomic mass is 9.88. The number of unbranched alkanes of at least 4 members (excludes halogenated alkanes) is 15. The molecule has 0 amide bonds. The summed E-state index contributed by atoms with van der Waals surface area (Å²) in [6.45, 7) is 3.36. The van der Waals surface area contributed by atoms with Crippen molar-refractivity contribution in [2.45, 2.75) is 180 Å². The van der Waals surface area contributed by atoms with Crippen LogP contribution in [0, 0.1) is 11.8 Å². The average molecular weight is 719 g/mol. The van der Waals surface area contributed by atoms with Gasteiger partial charge in [-0.3, -0.25) is 18.9 Å². The number of hydrogen-bond donors (Lipinski definition) is 4. The molecule has 0 aromatic rings. The number of phosphoric acid groups is 1.